The van der Waals surface area contributed by atoms with Gasteiger partial charge in [-0.25, -0.2) is 8.42 Å². The van der Waals surface area contributed by atoms with E-state index in [4.69, 9.17) is 31.9 Å². The van der Waals surface area contributed by atoms with Crippen LogP contribution in [0.2, 0.25) is 0 Å². The lowest BCUT2D eigenvalue weighted by Gasteiger charge is -1.88. The van der Waals surface area contributed by atoms with Gasteiger partial charge in [0.25, 0.3) is 0 Å². The van der Waals surface area contributed by atoms with Crippen molar-refractivity contribution in [1.29, 1.82) is 0 Å². The van der Waals surface area contributed by atoms with E-state index in [-0.39, 0.29) is 0 Å². The minimum Gasteiger partial charge on any atom is -0.726 e. The third-order valence-electron chi connectivity index (χ3n) is 1.33. The highest BCUT2D eigenvalue weighted by Gasteiger charge is 2.13. The van der Waals surface area contributed by atoms with Crippen molar-refractivity contribution in [3.8, 4) is 0 Å². The van der Waals surface area contributed by atoms with Crippen LogP contribution in [0.4, 0.5) is 0 Å². The first kappa shape index (κ1) is 15.8. The fourth-order valence-corrected chi connectivity index (χ4v) is 0.918. The quantitative estimate of drug-likeness (QED) is 0.239. The zero-order valence-corrected chi connectivity index (χ0v) is 9.95. The van der Waals surface area contributed by atoms with Gasteiger partial charge in [0.15, 0.2) is 12.4 Å². The summed E-state index contributed by atoms with van der Waals surface area (Å²) in [6.45, 7) is 0. The smallest absolute Gasteiger partial charge is 0.692 e. The highest BCUT2D eigenvalue weighted by molar-refractivity contribution is 7.79. The second-order valence-electron chi connectivity index (χ2n) is 2.53. The molecule has 0 amide bonds. The van der Waals surface area contributed by atoms with Crippen molar-refractivity contribution < 1.29 is 36.5 Å². The molecule has 0 aliphatic carbocycles. The van der Waals surface area contributed by atoms with E-state index in [9.17, 15) is 0 Å². The molecule has 17 heavy (non-hydrogen) atoms. The Bertz CT molecular complexity index is 464. The number of allylic oxidation sites excluding steroid dienone is 4. The lowest BCUT2D eigenvalue weighted by Crippen LogP contribution is -1.91. The van der Waals surface area contributed by atoms with Gasteiger partial charge < -0.3 is 4.55 Å². The van der Waals surface area contributed by atoms with Crippen molar-refractivity contribution >= 4 is 24.9 Å². The lowest BCUT2D eigenvalue weighted by molar-refractivity contribution is -0.380. The maximum atomic E-state index is 8.70. The zero-order valence-electron chi connectivity index (χ0n) is 8.24. The Morgan fingerprint density at radius 3 is 2.18 bits per heavy atom. The largest absolute Gasteiger partial charge is 0.726 e. The fraction of sp³-hybridized carbons (Fsp3) is 0. The van der Waals surface area contributed by atoms with Gasteiger partial charge >= 0.3 is 8.25 Å². The van der Waals surface area contributed by atoms with Gasteiger partial charge in [-0.2, -0.15) is 4.58 Å². The van der Waals surface area contributed by atoms with E-state index in [1.54, 1.807) is 0 Å². The Kier molecular flexibility index (Phi) is 6.66. The summed E-state index contributed by atoms with van der Waals surface area (Å²) in [7, 11) is -7.79. The molecule has 0 aromatic rings. The summed E-state index contributed by atoms with van der Waals surface area (Å²) in [6, 6.07) is 0. The lowest BCUT2D eigenvalue weighted by atomic mass is 10.4. The van der Waals surface area contributed by atoms with Gasteiger partial charge in [-0.05, 0) is 0 Å². The predicted molar refractivity (Wildman–Crippen MR) is 57.1 cm³/mol. The zero-order chi connectivity index (χ0) is 13.5. The molecule has 10 heteroatoms. The Hall–Kier alpha value is -1.22. The monoisotopic (exact) mass is 282 g/mol. The summed E-state index contributed by atoms with van der Waals surface area (Å²) in [6.07, 6.45) is 12.3. The van der Waals surface area contributed by atoms with Gasteiger partial charge in [-0.3, -0.25) is 4.55 Å². The van der Waals surface area contributed by atoms with Gasteiger partial charge in [-0.1, -0.05) is 0 Å². The maximum absolute atomic E-state index is 8.70. The molecule has 0 bridgehead atoms. The average molecular weight is 282 g/mol. The van der Waals surface area contributed by atoms with Crippen molar-refractivity contribution in [1.82, 2.24) is 0 Å². The van der Waals surface area contributed by atoms with Crippen molar-refractivity contribution in [2.45, 2.75) is 0 Å². The molecule has 3 N–H and O–H groups in total. The van der Waals surface area contributed by atoms with E-state index < -0.39 is 18.7 Å². The van der Waals surface area contributed by atoms with Crippen LogP contribution in [0, 0.1) is 0 Å². The molecule has 8 nitrogen and oxygen atoms in total. The molecule has 2 heterocycles. The van der Waals surface area contributed by atoms with E-state index >= 15 is 0 Å². The second kappa shape index (κ2) is 7.17. The summed E-state index contributed by atoms with van der Waals surface area (Å²) in [5.74, 6) is 0. The summed E-state index contributed by atoms with van der Waals surface area (Å²) < 4.78 is 43.6. The van der Waals surface area contributed by atoms with Crippen LogP contribution in [0.5, 0.6) is 0 Å². The Balaban J connectivity index is 0.000000250. The van der Waals surface area contributed by atoms with Crippen LogP contribution < -0.4 is 0 Å². The minimum absolute atomic E-state index is 1.27. The summed E-state index contributed by atoms with van der Waals surface area (Å²) in [4.78, 5) is 14.2. The first-order valence-corrected chi connectivity index (χ1v) is 6.45. The molecule has 2 rings (SSSR count). The van der Waals surface area contributed by atoms with Gasteiger partial charge in [0.1, 0.15) is 0 Å². The molecule has 0 radical (unpaired) electrons. The van der Waals surface area contributed by atoms with Gasteiger partial charge in [0.2, 0.25) is 16.1 Å². The molecule has 0 spiro atoms. The van der Waals surface area contributed by atoms with Crippen LogP contribution in [0.25, 0.3) is 0 Å². The molecule has 0 saturated heterocycles. The molecular weight excluding hydrogens is 273 g/mol. The number of nitrogens with zero attached hydrogens (tertiary/aromatic N) is 1. The molecule has 0 unspecified atom stereocenters. The van der Waals surface area contributed by atoms with E-state index in [2.05, 4.69) is 16.7 Å². The molecule has 0 saturated carbocycles. The van der Waals surface area contributed by atoms with E-state index in [1.165, 1.54) is 5.70 Å². The van der Waals surface area contributed by atoms with E-state index in [0.717, 1.165) is 0 Å². The predicted octanol–water partition coefficient (Wildman–Crippen LogP) is -0.316. The molecule has 0 aromatic carbocycles. The van der Waals surface area contributed by atoms with Crippen LogP contribution in [-0.2, 0) is 15.0 Å². The highest BCUT2D eigenvalue weighted by atomic mass is 32.3. The number of rotatable bonds is 0. The van der Waals surface area contributed by atoms with Crippen molar-refractivity contribution in [2.75, 3.05) is 0 Å². The summed E-state index contributed by atoms with van der Waals surface area (Å²) in [5, 5.41) is 0. The van der Waals surface area contributed by atoms with E-state index in [0.29, 0.717) is 0 Å². The van der Waals surface area contributed by atoms with E-state index in [1.807, 2.05) is 24.6 Å². The normalized spacial score (nSPS) is 14.8. The van der Waals surface area contributed by atoms with Crippen LogP contribution in [0.3, 0.4) is 0 Å². The first-order chi connectivity index (χ1) is 7.70. The van der Waals surface area contributed by atoms with Crippen LogP contribution in [0.15, 0.2) is 36.2 Å². The SMILES string of the molecule is C1=CC2=CC=C[N+]2=C1.O=S(=O)([O-])O.O=[P+](O)O. The Morgan fingerprint density at radius 2 is 1.76 bits per heavy atom. The molecule has 0 atom stereocenters. The topological polar surface area (TPSA) is 138 Å². The Morgan fingerprint density at radius 1 is 1.29 bits per heavy atom. The first-order valence-electron chi connectivity index (χ1n) is 3.92. The third-order valence-corrected chi connectivity index (χ3v) is 1.33. The molecule has 2 aliphatic heterocycles. The Labute approximate surface area is 98.1 Å². The standard InChI is InChI=1S/C7H6N.H2O4S.HO3P/c1-3-7-4-2-6-8(7)5-1;1-5(2,3)4;1-4(2)3/h1-6H;(H2,1,2,3,4);(H-,1,2,3)/q+1;;. The van der Waals surface area contributed by atoms with Gasteiger partial charge in [-0.15, -0.1) is 9.79 Å². The number of hydrogen-bond donors (Lipinski definition) is 3. The second-order valence-corrected chi connectivity index (χ2v) is 3.89. The molecule has 2 aliphatic rings. The van der Waals surface area contributed by atoms with Crippen molar-refractivity contribution in [2.24, 2.45) is 0 Å². The maximum Gasteiger partial charge on any atom is 0.692 e. The van der Waals surface area contributed by atoms with Crippen molar-refractivity contribution in [3.63, 3.8) is 0 Å². The highest BCUT2D eigenvalue weighted by Crippen LogP contribution is 2.10. The number of hydrogen-bond acceptors (Lipinski definition) is 4. The van der Waals surface area contributed by atoms with Crippen LogP contribution in [0.1, 0.15) is 0 Å². The molecule has 0 aromatic heterocycles. The molecule has 94 valence electrons. The van der Waals surface area contributed by atoms with Crippen LogP contribution >= 0.6 is 8.25 Å². The molecular formula is C7H9NO7PS+. The third kappa shape index (κ3) is 11.1. The average Bonchev–Trinajstić information content (AvgIpc) is 2.55. The van der Waals surface area contributed by atoms with Crippen LogP contribution in [-0.4, -0.2) is 38.1 Å². The summed E-state index contributed by atoms with van der Waals surface area (Å²) in [5.41, 5.74) is 1.27. The number of fused-ring (bicyclic) bond motifs is 1. The fourth-order valence-electron chi connectivity index (χ4n) is 0.918. The van der Waals surface area contributed by atoms with Crippen molar-refractivity contribution in [3.05, 3.63) is 36.2 Å². The minimum atomic E-state index is -4.92. The van der Waals surface area contributed by atoms with Gasteiger partial charge in [0, 0.05) is 28.9 Å². The summed E-state index contributed by atoms with van der Waals surface area (Å²) >= 11 is 0. The molecule has 0 fully saturated rings. The van der Waals surface area contributed by atoms with Gasteiger partial charge in [0.05, 0.1) is 0 Å².